The van der Waals surface area contributed by atoms with Crippen molar-refractivity contribution in [3.8, 4) is 0 Å². The van der Waals surface area contributed by atoms with Crippen LogP contribution in [0.25, 0.3) is 0 Å². The Balaban J connectivity index is 1.32. The minimum Gasteiger partial charge on any atom is -0.348 e. The van der Waals surface area contributed by atoms with Gasteiger partial charge in [0.2, 0.25) is 0 Å². The van der Waals surface area contributed by atoms with E-state index in [1.807, 2.05) is 4.90 Å². The van der Waals surface area contributed by atoms with Crippen LogP contribution in [0, 0.1) is 5.92 Å². The van der Waals surface area contributed by atoms with Crippen molar-refractivity contribution in [2.45, 2.75) is 44.9 Å². The maximum atomic E-state index is 12.4. The van der Waals surface area contributed by atoms with Crippen molar-refractivity contribution in [3.05, 3.63) is 41.7 Å². The summed E-state index contributed by atoms with van der Waals surface area (Å²) in [7, 11) is 0. The van der Waals surface area contributed by atoms with Gasteiger partial charge >= 0.3 is 11.8 Å². The van der Waals surface area contributed by atoms with Crippen LogP contribution in [0.2, 0.25) is 0 Å². The number of pyridine rings is 1. The molecule has 0 radical (unpaired) electrons. The molecule has 1 fully saturated rings. The zero-order chi connectivity index (χ0) is 20.5. The third-order valence-electron chi connectivity index (χ3n) is 5.68. The highest BCUT2D eigenvalue weighted by Gasteiger charge is 2.24. The Morgan fingerprint density at radius 3 is 2.59 bits per heavy atom. The summed E-state index contributed by atoms with van der Waals surface area (Å²) in [5.74, 6) is -0.868. The summed E-state index contributed by atoms with van der Waals surface area (Å²) < 4.78 is 0. The van der Waals surface area contributed by atoms with Crippen molar-refractivity contribution in [3.63, 3.8) is 0 Å². The predicted molar refractivity (Wildman–Crippen MR) is 110 cm³/mol. The van der Waals surface area contributed by atoms with Crippen molar-refractivity contribution in [1.82, 2.24) is 20.5 Å². The molecule has 1 aromatic heterocycles. The van der Waals surface area contributed by atoms with Crippen LogP contribution in [-0.2, 0) is 9.59 Å². The Kier molecular flexibility index (Phi) is 7.78. The van der Waals surface area contributed by atoms with E-state index in [1.54, 1.807) is 24.5 Å². The molecule has 0 unspecified atom stereocenters. The Labute approximate surface area is 171 Å². The number of nitrogens with zero attached hydrogens (tertiary/aromatic N) is 2. The molecule has 1 aliphatic carbocycles. The maximum absolute atomic E-state index is 12.4. The van der Waals surface area contributed by atoms with Gasteiger partial charge in [0.1, 0.15) is 0 Å². The second kappa shape index (κ2) is 10.7. The van der Waals surface area contributed by atoms with Gasteiger partial charge in [-0.25, -0.2) is 0 Å². The number of likely N-dealkylation sites (tertiary alicyclic amines) is 1. The summed E-state index contributed by atoms with van der Waals surface area (Å²) in [6.07, 6.45) is 12.6. The second-order valence-electron chi connectivity index (χ2n) is 7.80. The first-order valence-electron chi connectivity index (χ1n) is 10.6. The number of hydrogen-bond donors (Lipinski definition) is 2. The first-order valence-corrected chi connectivity index (χ1v) is 10.6. The molecule has 7 nitrogen and oxygen atoms in total. The van der Waals surface area contributed by atoms with Crippen LogP contribution in [-0.4, -0.2) is 53.8 Å². The van der Waals surface area contributed by atoms with Crippen LogP contribution >= 0.6 is 0 Å². The van der Waals surface area contributed by atoms with Crippen molar-refractivity contribution in [2.24, 2.45) is 5.92 Å². The van der Waals surface area contributed by atoms with Gasteiger partial charge in [-0.2, -0.15) is 0 Å². The zero-order valence-electron chi connectivity index (χ0n) is 16.9. The van der Waals surface area contributed by atoms with Crippen LogP contribution in [0.15, 0.2) is 36.2 Å². The van der Waals surface area contributed by atoms with E-state index in [0.29, 0.717) is 31.7 Å². The molecule has 0 aromatic carbocycles. The summed E-state index contributed by atoms with van der Waals surface area (Å²) in [4.78, 5) is 42.2. The molecule has 0 atom stereocenters. The molecule has 2 heterocycles. The van der Waals surface area contributed by atoms with Crippen LogP contribution in [0.3, 0.4) is 0 Å². The zero-order valence-corrected chi connectivity index (χ0v) is 16.9. The second-order valence-corrected chi connectivity index (χ2v) is 7.80. The number of piperidine rings is 1. The third kappa shape index (κ3) is 6.41. The Hall–Kier alpha value is -2.70. The molecule has 2 N–H and O–H groups in total. The van der Waals surface area contributed by atoms with Gasteiger partial charge in [0.25, 0.3) is 5.91 Å². The molecule has 29 heavy (non-hydrogen) atoms. The molecule has 0 spiro atoms. The topological polar surface area (TPSA) is 91.4 Å². The number of carbonyl (C=O) groups excluding carboxylic acids is 3. The lowest BCUT2D eigenvalue weighted by molar-refractivity contribution is -0.139. The molecule has 3 amide bonds. The number of nitrogens with one attached hydrogen (secondary N) is 2. The average Bonchev–Trinajstić information content (AvgIpc) is 2.78. The van der Waals surface area contributed by atoms with Crippen molar-refractivity contribution >= 4 is 17.7 Å². The SMILES string of the molecule is O=C(NCCC1=CCCCC1)C(=O)NCC1CCN(C(=O)c2cccnc2)CC1. The maximum Gasteiger partial charge on any atom is 0.309 e. The minimum absolute atomic E-state index is 0.00644. The summed E-state index contributed by atoms with van der Waals surface area (Å²) in [6.45, 7) is 2.27. The molecule has 0 saturated carbocycles. The van der Waals surface area contributed by atoms with Crippen LogP contribution in [0.5, 0.6) is 0 Å². The first-order chi connectivity index (χ1) is 14.1. The standard InChI is InChI=1S/C22H30N4O3/c27-20(24-12-8-17-5-2-1-3-6-17)21(28)25-15-18-9-13-26(14-10-18)22(29)19-7-4-11-23-16-19/h4-5,7,11,16,18H,1-3,6,8-10,12-15H2,(H,24,27)(H,25,28). The molecule has 1 aromatic rings. The monoisotopic (exact) mass is 398 g/mol. The lowest BCUT2D eigenvalue weighted by atomic mass is 9.96. The van der Waals surface area contributed by atoms with Gasteiger partial charge in [0, 0.05) is 38.6 Å². The molecule has 1 aliphatic heterocycles. The summed E-state index contributed by atoms with van der Waals surface area (Å²) in [5, 5.41) is 5.44. The molecule has 2 aliphatic rings. The normalized spacial score (nSPS) is 17.4. The van der Waals surface area contributed by atoms with E-state index in [1.165, 1.54) is 18.4 Å². The highest BCUT2D eigenvalue weighted by molar-refractivity contribution is 6.35. The van der Waals surface area contributed by atoms with E-state index in [-0.39, 0.29) is 11.8 Å². The summed E-state index contributed by atoms with van der Waals surface area (Å²) >= 11 is 0. The fourth-order valence-corrected chi connectivity index (χ4v) is 3.88. The number of allylic oxidation sites excluding steroid dienone is 1. The van der Waals surface area contributed by atoms with E-state index in [4.69, 9.17) is 0 Å². The molecular weight excluding hydrogens is 368 g/mol. The van der Waals surface area contributed by atoms with Crippen LogP contribution in [0.1, 0.15) is 55.3 Å². The van der Waals surface area contributed by atoms with E-state index < -0.39 is 11.8 Å². The van der Waals surface area contributed by atoms with Gasteiger partial charge in [-0.1, -0.05) is 11.6 Å². The van der Waals surface area contributed by atoms with Gasteiger partial charge in [-0.05, 0) is 63.0 Å². The number of carbonyl (C=O) groups is 3. The molecule has 0 bridgehead atoms. The van der Waals surface area contributed by atoms with E-state index in [9.17, 15) is 14.4 Å². The highest BCUT2D eigenvalue weighted by Crippen LogP contribution is 2.19. The molecule has 1 saturated heterocycles. The van der Waals surface area contributed by atoms with E-state index >= 15 is 0 Å². The average molecular weight is 399 g/mol. The van der Waals surface area contributed by atoms with E-state index in [2.05, 4.69) is 21.7 Å². The van der Waals surface area contributed by atoms with Gasteiger partial charge in [0.15, 0.2) is 0 Å². The quantitative estimate of drug-likeness (QED) is 0.567. The Morgan fingerprint density at radius 1 is 1.10 bits per heavy atom. The minimum atomic E-state index is -0.573. The number of aromatic nitrogens is 1. The summed E-state index contributed by atoms with van der Waals surface area (Å²) in [5.41, 5.74) is 1.98. The van der Waals surface area contributed by atoms with Gasteiger partial charge in [0.05, 0.1) is 5.56 Å². The van der Waals surface area contributed by atoms with Gasteiger partial charge in [-0.3, -0.25) is 19.4 Å². The van der Waals surface area contributed by atoms with Crippen LogP contribution in [0.4, 0.5) is 0 Å². The Bertz CT molecular complexity index is 740. The van der Waals surface area contributed by atoms with Crippen molar-refractivity contribution < 1.29 is 14.4 Å². The number of hydrogen-bond acceptors (Lipinski definition) is 4. The summed E-state index contributed by atoms with van der Waals surface area (Å²) in [6, 6.07) is 3.53. The van der Waals surface area contributed by atoms with Crippen molar-refractivity contribution in [2.75, 3.05) is 26.2 Å². The van der Waals surface area contributed by atoms with E-state index in [0.717, 1.165) is 32.1 Å². The highest BCUT2D eigenvalue weighted by atomic mass is 16.2. The molecule has 7 heteroatoms. The molecule has 3 rings (SSSR count). The van der Waals surface area contributed by atoms with Gasteiger partial charge in [-0.15, -0.1) is 0 Å². The third-order valence-corrected chi connectivity index (χ3v) is 5.68. The molecular formula is C22H30N4O3. The lowest BCUT2D eigenvalue weighted by Crippen LogP contribution is -2.45. The Morgan fingerprint density at radius 2 is 1.90 bits per heavy atom. The van der Waals surface area contributed by atoms with Crippen LogP contribution < -0.4 is 10.6 Å². The fraction of sp³-hybridized carbons (Fsp3) is 0.545. The first kappa shape index (κ1) is 21.0. The lowest BCUT2D eigenvalue weighted by Gasteiger charge is -2.32. The number of amides is 3. The fourth-order valence-electron chi connectivity index (χ4n) is 3.88. The smallest absolute Gasteiger partial charge is 0.309 e. The van der Waals surface area contributed by atoms with Gasteiger partial charge < -0.3 is 15.5 Å². The molecule has 156 valence electrons. The number of rotatable bonds is 6. The predicted octanol–water partition coefficient (Wildman–Crippen LogP) is 2.06. The van der Waals surface area contributed by atoms with Crippen molar-refractivity contribution in [1.29, 1.82) is 0 Å². The largest absolute Gasteiger partial charge is 0.348 e.